The maximum absolute atomic E-state index is 10.7. The molecular weight excluding hydrogens is 444 g/mol. The lowest BCUT2D eigenvalue weighted by atomic mass is 9.87. The lowest BCUT2D eigenvalue weighted by Gasteiger charge is -2.28. The normalized spacial score (nSPS) is 13.8. The molecule has 0 aliphatic carbocycles. The highest BCUT2D eigenvalue weighted by Crippen LogP contribution is 2.37. The molecule has 0 heterocycles. The molecule has 190 valence electrons. The van der Waals surface area contributed by atoms with E-state index in [0.29, 0.717) is 31.4 Å². The Morgan fingerprint density at radius 1 is 0.824 bits per heavy atom. The van der Waals surface area contributed by atoms with Crippen LogP contribution in [0.1, 0.15) is 30.4 Å². The molecule has 2 aromatic carbocycles. The first-order chi connectivity index (χ1) is 16.4. The van der Waals surface area contributed by atoms with Crippen LogP contribution in [-0.2, 0) is 17.6 Å². The van der Waals surface area contributed by atoms with Gasteiger partial charge in [-0.15, -0.1) is 0 Å². The van der Waals surface area contributed by atoms with Crippen LogP contribution >= 0.6 is 0 Å². The number of aromatic hydroxyl groups is 2. The highest BCUT2D eigenvalue weighted by molar-refractivity contribution is 5.52. The number of phenolic OH excluding ortho intramolecular Hbond substituents is 2. The molecule has 0 spiro atoms. The van der Waals surface area contributed by atoms with Crippen LogP contribution in [0.2, 0.25) is 0 Å². The van der Waals surface area contributed by atoms with Crippen molar-refractivity contribution in [3.8, 4) is 28.7 Å². The third kappa shape index (κ3) is 7.66. The van der Waals surface area contributed by atoms with Gasteiger partial charge in [-0.1, -0.05) is 6.07 Å². The second-order valence-corrected chi connectivity index (χ2v) is 8.09. The third-order valence-corrected chi connectivity index (χ3v) is 5.87. The number of phenols is 2. The summed E-state index contributed by atoms with van der Waals surface area (Å²) in [7, 11) is 4.38. The van der Waals surface area contributed by atoms with Crippen LogP contribution < -0.4 is 14.2 Å². The van der Waals surface area contributed by atoms with E-state index in [0.717, 1.165) is 11.1 Å². The summed E-state index contributed by atoms with van der Waals surface area (Å²) in [5.41, 5.74) is 1.70. The fourth-order valence-electron chi connectivity index (χ4n) is 4.04. The van der Waals surface area contributed by atoms with Crippen LogP contribution in [0.4, 0.5) is 0 Å². The fraction of sp³-hybridized carbons (Fsp3) is 0.520. The first-order valence-electron chi connectivity index (χ1n) is 11.2. The molecule has 9 heteroatoms. The van der Waals surface area contributed by atoms with E-state index in [1.165, 1.54) is 21.3 Å². The summed E-state index contributed by atoms with van der Waals surface area (Å²) >= 11 is 0. The first-order valence-corrected chi connectivity index (χ1v) is 11.2. The molecule has 0 fully saturated rings. The number of aliphatic hydroxyl groups is 3. The molecule has 0 amide bonds. The Kier molecular flexibility index (Phi) is 11.2. The number of benzene rings is 2. The van der Waals surface area contributed by atoms with Crippen molar-refractivity contribution >= 4 is 0 Å². The number of hydrogen-bond acceptors (Lipinski definition) is 9. The summed E-state index contributed by atoms with van der Waals surface area (Å²) in [5.74, 6) is 0.694. The van der Waals surface area contributed by atoms with Crippen molar-refractivity contribution in [2.45, 2.75) is 44.3 Å². The predicted molar refractivity (Wildman–Crippen MR) is 126 cm³/mol. The van der Waals surface area contributed by atoms with E-state index in [9.17, 15) is 25.5 Å². The summed E-state index contributed by atoms with van der Waals surface area (Å²) in [6.07, 6.45) is 0.829. The van der Waals surface area contributed by atoms with Gasteiger partial charge in [0.1, 0.15) is 6.79 Å². The van der Waals surface area contributed by atoms with Crippen LogP contribution in [-0.4, -0.2) is 72.5 Å². The summed E-state index contributed by atoms with van der Waals surface area (Å²) in [6, 6.07) is 8.41. The molecule has 9 nitrogen and oxygen atoms in total. The lowest BCUT2D eigenvalue weighted by Crippen LogP contribution is -2.31. The van der Waals surface area contributed by atoms with Crippen molar-refractivity contribution in [3.63, 3.8) is 0 Å². The summed E-state index contributed by atoms with van der Waals surface area (Å²) < 4.78 is 21.1. The first kappa shape index (κ1) is 27.5. The van der Waals surface area contributed by atoms with Crippen molar-refractivity contribution in [3.05, 3.63) is 41.5 Å². The largest absolute Gasteiger partial charge is 0.504 e. The molecule has 34 heavy (non-hydrogen) atoms. The van der Waals surface area contributed by atoms with Gasteiger partial charge in [-0.05, 0) is 73.4 Å². The van der Waals surface area contributed by atoms with Crippen molar-refractivity contribution in [1.82, 2.24) is 0 Å². The second-order valence-electron chi connectivity index (χ2n) is 8.09. The van der Waals surface area contributed by atoms with Crippen LogP contribution in [0, 0.1) is 5.92 Å². The molecule has 3 atom stereocenters. The topological polar surface area (TPSA) is 138 Å². The summed E-state index contributed by atoms with van der Waals surface area (Å²) in [6.45, 7) is -0.584. The Balaban J connectivity index is 2.09. The van der Waals surface area contributed by atoms with Crippen LogP contribution in [0.25, 0.3) is 0 Å². The highest BCUT2D eigenvalue weighted by atomic mass is 16.6. The van der Waals surface area contributed by atoms with E-state index in [1.807, 2.05) is 0 Å². The van der Waals surface area contributed by atoms with E-state index < -0.39 is 19.0 Å². The molecule has 0 aromatic heterocycles. The van der Waals surface area contributed by atoms with Gasteiger partial charge in [-0.25, -0.2) is 0 Å². The predicted octanol–water partition coefficient (Wildman–Crippen LogP) is 2.38. The van der Waals surface area contributed by atoms with Gasteiger partial charge >= 0.3 is 0 Å². The zero-order valence-electron chi connectivity index (χ0n) is 19.9. The third-order valence-electron chi connectivity index (χ3n) is 5.87. The molecule has 2 aromatic rings. The molecule has 3 unspecified atom stereocenters. The number of hydrogen-bond donors (Lipinski definition) is 5. The lowest BCUT2D eigenvalue weighted by molar-refractivity contribution is -0.0921. The zero-order valence-corrected chi connectivity index (χ0v) is 19.9. The SMILES string of the molecule is COc1cc(CC(CCO)C(CC(O)CCc2cc(OC)c(O)c(OC)c2)OCO)ccc1O. The molecule has 5 N–H and O–H groups in total. The molecule has 0 saturated carbocycles. The Morgan fingerprint density at radius 3 is 2.00 bits per heavy atom. The van der Waals surface area contributed by atoms with E-state index in [2.05, 4.69) is 0 Å². The second kappa shape index (κ2) is 13.9. The zero-order chi connectivity index (χ0) is 25.1. The van der Waals surface area contributed by atoms with Gasteiger partial charge in [0.15, 0.2) is 23.0 Å². The van der Waals surface area contributed by atoms with Crippen LogP contribution in [0.3, 0.4) is 0 Å². The van der Waals surface area contributed by atoms with E-state index in [-0.39, 0.29) is 41.9 Å². The minimum atomic E-state index is -0.738. The molecule has 0 radical (unpaired) electrons. The maximum Gasteiger partial charge on any atom is 0.200 e. The van der Waals surface area contributed by atoms with Gasteiger partial charge in [0.05, 0.1) is 33.5 Å². The number of rotatable bonds is 15. The minimum absolute atomic E-state index is 0.0334. The fourth-order valence-corrected chi connectivity index (χ4v) is 4.04. The number of methoxy groups -OCH3 is 3. The standard InChI is InChI=1S/C25H36O9/c1-31-22-11-16(5-7-20(22)29)10-18(8-9-26)21(34-15-27)14-19(28)6-4-17-12-23(32-2)25(30)24(13-17)33-3/h5,7,11-13,18-19,21,26-30H,4,6,8-10,14-15H2,1-3H3. The van der Waals surface area contributed by atoms with Crippen molar-refractivity contribution in [1.29, 1.82) is 0 Å². The minimum Gasteiger partial charge on any atom is -0.504 e. The summed E-state index contributed by atoms with van der Waals surface area (Å²) in [5, 5.41) is 49.7. The number of aliphatic hydroxyl groups excluding tert-OH is 3. The van der Waals surface area contributed by atoms with Crippen LogP contribution in [0.5, 0.6) is 28.7 Å². The Labute approximate surface area is 200 Å². The molecule has 0 bridgehead atoms. The van der Waals surface area contributed by atoms with Gasteiger partial charge < -0.3 is 44.5 Å². The Bertz CT molecular complexity index is 862. The van der Waals surface area contributed by atoms with E-state index in [4.69, 9.17) is 18.9 Å². The van der Waals surface area contributed by atoms with E-state index >= 15 is 0 Å². The number of aryl methyl sites for hydroxylation is 1. The van der Waals surface area contributed by atoms with Gasteiger partial charge in [-0.3, -0.25) is 0 Å². The Morgan fingerprint density at radius 2 is 1.44 bits per heavy atom. The molecule has 0 saturated heterocycles. The smallest absolute Gasteiger partial charge is 0.200 e. The Hall–Kier alpha value is -2.72. The highest BCUT2D eigenvalue weighted by Gasteiger charge is 2.26. The van der Waals surface area contributed by atoms with Crippen LogP contribution in [0.15, 0.2) is 30.3 Å². The molecule has 2 rings (SSSR count). The quantitative estimate of drug-likeness (QED) is 0.243. The van der Waals surface area contributed by atoms with Crippen molar-refractivity contribution in [2.24, 2.45) is 5.92 Å². The van der Waals surface area contributed by atoms with Crippen molar-refractivity contribution < 1.29 is 44.5 Å². The molecular formula is C25H36O9. The number of ether oxygens (including phenoxy) is 4. The average Bonchev–Trinajstić information content (AvgIpc) is 2.83. The van der Waals surface area contributed by atoms with E-state index in [1.54, 1.807) is 30.3 Å². The van der Waals surface area contributed by atoms with Gasteiger partial charge in [0, 0.05) is 6.61 Å². The molecule has 0 aliphatic heterocycles. The molecule has 0 aliphatic rings. The average molecular weight is 481 g/mol. The monoisotopic (exact) mass is 480 g/mol. The van der Waals surface area contributed by atoms with Gasteiger partial charge in [0.25, 0.3) is 0 Å². The van der Waals surface area contributed by atoms with Crippen molar-refractivity contribution in [2.75, 3.05) is 34.7 Å². The maximum atomic E-state index is 10.7. The van der Waals surface area contributed by atoms with Gasteiger partial charge in [0.2, 0.25) is 5.75 Å². The van der Waals surface area contributed by atoms with Gasteiger partial charge in [-0.2, -0.15) is 0 Å². The summed E-state index contributed by atoms with van der Waals surface area (Å²) in [4.78, 5) is 0.